The van der Waals surface area contributed by atoms with Crippen LogP contribution in [0.4, 0.5) is 5.69 Å². The third-order valence-corrected chi connectivity index (χ3v) is 8.55. The second kappa shape index (κ2) is 10.9. The molecule has 4 rings (SSSR count). The number of hydrogen-bond donors (Lipinski definition) is 1. The number of anilines is 1. The number of piperidine rings is 1. The van der Waals surface area contributed by atoms with Crippen molar-refractivity contribution in [3.8, 4) is 11.1 Å². The Kier molecular flexibility index (Phi) is 7.91. The van der Waals surface area contributed by atoms with E-state index in [4.69, 9.17) is 4.74 Å². The van der Waals surface area contributed by atoms with Crippen LogP contribution in [-0.4, -0.2) is 42.4 Å². The Bertz CT molecular complexity index is 1070. The van der Waals surface area contributed by atoms with Crippen LogP contribution >= 0.6 is 0 Å². The molecular formula is C28H39N3O2Si. The van der Waals surface area contributed by atoms with E-state index in [1.165, 1.54) is 28.6 Å². The van der Waals surface area contributed by atoms with Gasteiger partial charge in [-0.25, -0.2) is 4.98 Å². The smallest absolute Gasteiger partial charge is 0.124 e. The topological polar surface area (TPSA) is 50.5 Å². The number of aliphatic hydroxyl groups excluding tert-OH is 1. The summed E-state index contributed by atoms with van der Waals surface area (Å²) in [7, 11) is -1.08. The van der Waals surface area contributed by atoms with E-state index >= 15 is 0 Å². The van der Waals surface area contributed by atoms with Crippen LogP contribution in [0.1, 0.15) is 35.7 Å². The van der Waals surface area contributed by atoms with Gasteiger partial charge in [-0.3, -0.25) is 0 Å². The number of hydrogen-bond acceptors (Lipinski definition) is 4. The van der Waals surface area contributed by atoms with Gasteiger partial charge in [0, 0.05) is 50.6 Å². The van der Waals surface area contributed by atoms with Gasteiger partial charge in [0.15, 0.2) is 0 Å². The summed E-state index contributed by atoms with van der Waals surface area (Å²) in [5.74, 6) is 0.487. The van der Waals surface area contributed by atoms with Crippen molar-refractivity contribution in [2.45, 2.75) is 64.7 Å². The molecule has 0 unspecified atom stereocenters. The SMILES string of the molecule is Cc1ncn(COCC[Si](C)(C)C)c1C1CCN(c2cc(CO)ccc2-c2ccccc2)CC1. The van der Waals surface area contributed by atoms with E-state index in [2.05, 4.69) is 83.5 Å². The summed E-state index contributed by atoms with van der Waals surface area (Å²) in [4.78, 5) is 7.11. The quantitative estimate of drug-likeness (QED) is 0.301. The van der Waals surface area contributed by atoms with Gasteiger partial charge in [-0.15, -0.1) is 0 Å². The largest absolute Gasteiger partial charge is 0.392 e. The van der Waals surface area contributed by atoms with Gasteiger partial charge in [-0.05, 0) is 43.0 Å². The number of ether oxygens (including phenoxy) is 1. The van der Waals surface area contributed by atoms with E-state index in [9.17, 15) is 5.11 Å². The third-order valence-electron chi connectivity index (χ3n) is 6.85. The van der Waals surface area contributed by atoms with Crippen LogP contribution < -0.4 is 4.90 Å². The number of aryl methyl sites for hydroxylation is 1. The molecule has 6 heteroatoms. The summed E-state index contributed by atoms with van der Waals surface area (Å²) in [6.07, 6.45) is 4.11. The van der Waals surface area contributed by atoms with E-state index in [1.54, 1.807) is 0 Å². The maximum absolute atomic E-state index is 9.75. The Hall–Kier alpha value is -2.41. The van der Waals surface area contributed by atoms with E-state index in [1.807, 2.05) is 12.4 Å². The second-order valence-corrected chi connectivity index (χ2v) is 16.3. The maximum atomic E-state index is 9.75. The van der Waals surface area contributed by atoms with Gasteiger partial charge in [0.05, 0.1) is 18.6 Å². The summed E-state index contributed by atoms with van der Waals surface area (Å²) in [5, 5.41) is 9.75. The van der Waals surface area contributed by atoms with Gasteiger partial charge in [-0.1, -0.05) is 62.1 Å². The molecule has 0 aliphatic carbocycles. The van der Waals surface area contributed by atoms with Crippen molar-refractivity contribution >= 4 is 13.8 Å². The minimum Gasteiger partial charge on any atom is -0.392 e. The zero-order valence-electron chi connectivity index (χ0n) is 21.1. The standard InChI is InChI=1S/C28H39N3O2Si/c1-22-28(31(20-29-22)21-33-16-17-34(2,3)4)25-12-14-30(15-13-25)27-18-23(19-32)10-11-26(27)24-8-6-5-7-9-24/h5-11,18,20,25,32H,12-17,19,21H2,1-4H3. The molecule has 1 N–H and O–H groups in total. The van der Waals surface area contributed by atoms with Crippen molar-refractivity contribution in [3.05, 3.63) is 71.8 Å². The van der Waals surface area contributed by atoms with Gasteiger partial charge in [0.1, 0.15) is 6.73 Å². The molecule has 1 aliphatic heterocycles. The molecular weight excluding hydrogens is 438 g/mol. The fourth-order valence-corrected chi connectivity index (χ4v) is 5.62. The zero-order chi connectivity index (χ0) is 24.1. The van der Waals surface area contributed by atoms with Crippen molar-refractivity contribution in [1.82, 2.24) is 9.55 Å². The van der Waals surface area contributed by atoms with Crippen LogP contribution in [-0.2, 0) is 18.1 Å². The average molecular weight is 478 g/mol. The molecule has 2 aromatic carbocycles. The Morgan fingerprint density at radius 3 is 2.47 bits per heavy atom. The van der Waals surface area contributed by atoms with Gasteiger partial charge >= 0.3 is 0 Å². The number of benzene rings is 2. The van der Waals surface area contributed by atoms with Gasteiger partial charge < -0.3 is 19.3 Å². The monoisotopic (exact) mass is 477 g/mol. The molecule has 1 aromatic heterocycles. The summed E-state index contributed by atoms with van der Waals surface area (Å²) >= 11 is 0. The molecule has 1 aliphatic rings. The van der Waals surface area contributed by atoms with E-state index in [0.717, 1.165) is 43.8 Å². The molecule has 0 saturated carbocycles. The Labute approximate surface area is 205 Å². The van der Waals surface area contributed by atoms with Gasteiger partial charge in [0.2, 0.25) is 0 Å². The first kappa shape index (κ1) is 24.7. The summed E-state index contributed by atoms with van der Waals surface area (Å²) in [5.41, 5.74) is 7.08. The molecule has 0 spiro atoms. The second-order valence-electron chi connectivity index (χ2n) is 10.7. The zero-order valence-corrected chi connectivity index (χ0v) is 22.1. The molecule has 2 heterocycles. The molecule has 0 bridgehead atoms. The molecule has 5 nitrogen and oxygen atoms in total. The van der Waals surface area contributed by atoms with E-state index < -0.39 is 8.07 Å². The van der Waals surface area contributed by atoms with Crippen LogP contribution in [0, 0.1) is 6.92 Å². The molecule has 1 fully saturated rings. The van der Waals surface area contributed by atoms with Crippen molar-refractivity contribution in [2.75, 3.05) is 24.6 Å². The fraction of sp³-hybridized carbons (Fsp3) is 0.464. The van der Waals surface area contributed by atoms with E-state index in [0.29, 0.717) is 12.6 Å². The van der Waals surface area contributed by atoms with Crippen molar-refractivity contribution in [1.29, 1.82) is 0 Å². The Balaban J connectivity index is 1.46. The summed E-state index contributed by atoms with van der Waals surface area (Å²) < 4.78 is 8.27. The molecule has 0 radical (unpaired) electrons. The first-order valence-corrected chi connectivity index (χ1v) is 16.2. The van der Waals surface area contributed by atoms with Crippen molar-refractivity contribution in [2.24, 2.45) is 0 Å². The highest BCUT2D eigenvalue weighted by Crippen LogP contribution is 2.37. The first-order valence-electron chi connectivity index (χ1n) is 12.5. The highest BCUT2D eigenvalue weighted by molar-refractivity contribution is 6.76. The highest BCUT2D eigenvalue weighted by atomic mass is 28.3. The molecule has 1 saturated heterocycles. The van der Waals surface area contributed by atoms with Gasteiger partial charge in [-0.2, -0.15) is 0 Å². The fourth-order valence-electron chi connectivity index (χ4n) is 4.86. The number of nitrogens with zero attached hydrogens (tertiary/aromatic N) is 3. The van der Waals surface area contributed by atoms with Crippen LogP contribution in [0.3, 0.4) is 0 Å². The highest BCUT2D eigenvalue weighted by Gasteiger charge is 2.26. The van der Waals surface area contributed by atoms with Gasteiger partial charge in [0.25, 0.3) is 0 Å². The molecule has 3 aromatic rings. The summed E-state index contributed by atoms with van der Waals surface area (Å²) in [6, 6.07) is 18.1. The van der Waals surface area contributed by atoms with Crippen molar-refractivity contribution in [3.63, 3.8) is 0 Å². The molecule has 34 heavy (non-hydrogen) atoms. The molecule has 182 valence electrons. The summed E-state index contributed by atoms with van der Waals surface area (Å²) in [6.45, 7) is 12.7. The number of imidazole rings is 1. The Morgan fingerprint density at radius 2 is 1.79 bits per heavy atom. The van der Waals surface area contributed by atoms with Crippen LogP contribution in [0.2, 0.25) is 25.7 Å². The lowest BCUT2D eigenvalue weighted by Gasteiger charge is -2.35. The lowest BCUT2D eigenvalue weighted by molar-refractivity contribution is 0.0841. The maximum Gasteiger partial charge on any atom is 0.124 e. The van der Waals surface area contributed by atoms with Crippen LogP contribution in [0.25, 0.3) is 11.1 Å². The lowest BCUT2D eigenvalue weighted by Crippen LogP contribution is -2.34. The minimum atomic E-state index is -1.08. The predicted octanol–water partition coefficient (Wildman–Crippen LogP) is 6.05. The minimum absolute atomic E-state index is 0.0641. The van der Waals surface area contributed by atoms with Crippen LogP contribution in [0.15, 0.2) is 54.9 Å². The van der Waals surface area contributed by atoms with Crippen LogP contribution in [0.5, 0.6) is 0 Å². The third kappa shape index (κ3) is 5.98. The number of aromatic nitrogens is 2. The predicted molar refractivity (Wildman–Crippen MR) is 143 cm³/mol. The van der Waals surface area contributed by atoms with Crippen molar-refractivity contribution < 1.29 is 9.84 Å². The Morgan fingerprint density at radius 1 is 1.06 bits per heavy atom. The average Bonchev–Trinajstić information content (AvgIpc) is 3.21. The lowest BCUT2D eigenvalue weighted by atomic mass is 9.91. The number of aliphatic hydroxyl groups is 1. The molecule has 0 atom stereocenters. The number of rotatable bonds is 9. The molecule has 0 amide bonds. The normalized spacial score (nSPS) is 15.1. The van der Waals surface area contributed by atoms with E-state index in [-0.39, 0.29) is 6.61 Å². The first-order chi connectivity index (χ1) is 16.4.